The smallest absolute Gasteiger partial charge is 0.264 e. The van der Waals surface area contributed by atoms with Crippen LogP contribution in [-0.4, -0.2) is 25.6 Å². The van der Waals surface area contributed by atoms with Gasteiger partial charge in [0.1, 0.15) is 5.75 Å². The molecule has 0 atom stereocenters. The second kappa shape index (κ2) is 9.29. The number of pyridine rings is 1. The molecule has 0 aliphatic carbocycles. The van der Waals surface area contributed by atoms with Crippen LogP contribution in [0, 0.1) is 0 Å². The molecule has 7 heteroatoms. The summed E-state index contributed by atoms with van der Waals surface area (Å²) in [6, 6.07) is 15.5. The van der Waals surface area contributed by atoms with E-state index in [4.69, 9.17) is 4.74 Å². The third-order valence-corrected chi connectivity index (χ3v) is 7.45. The normalized spacial score (nSPS) is 12.4. The Bertz CT molecular complexity index is 1210. The molecule has 34 heavy (non-hydrogen) atoms. The van der Waals surface area contributed by atoms with E-state index < -0.39 is 10.0 Å². The highest BCUT2D eigenvalue weighted by molar-refractivity contribution is 7.92. The first-order valence-corrected chi connectivity index (χ1v) is 12.6. The minimum Gasteiger partial charge on any atom is -0.507 e. The molecule has 0 spiro atoms. The fraction of sp³-hybridized carbons (Fsp3) is 0.370. The monoisotopic (exact) mass is 482 g/mol. The third-order valence-electron chi connectivity index (χ3n) is 5.66. The van der Waals surface area contributed by atoms with Crippen molar-refractivity contribution < 1.29 is 18.3 Å². The van der Waals surface area contributed by atoms with Gasteiger partial charge in [-0.1, -0.05) is 59.7 Å². The number of aromatic nitrogens is 1. The van der Waals surface area contributed by atoms with Gasteiger partial charge >= 0.3 is 0 Å². The Morgan fingerprint density at radius 3 is 1.91 bits per heavy atom. The van der Waals surface area contributed by atoms with Crippen LogP contribution in [0.3, 0.4) is 0 Å². The number of anilines is 1. The molecule has 1 N–H and O–H groups in total. The van der Waals surface area contributed by atoms with E-state index in [0.717, 1.165) is 16.7 Å². The van der Waals surface area contributed by atoms with Crippen molar-refractivity contribution in [1.29, 1.82) is 0 Å². The molecule has 6 nitrogen and oxygen atoms in total. The van der Waals surface area contributed by atoms with Gasteiger partial charge in [0.25, 0.3) is 10.0 Å². The zero-order valence-corrected chi connectivity index (χ0v) is 21.8. The molecule has 0 aliphatic heterocycles. The van der Waals surface area contributed by atoms with Gasteiger partial charge in [-0.05, 0) is 57.9 Å². The van der Waals surface area contributed by atoms with E-state index >= 15 is 0 Å². The Morgan fingerprint density at radius 1 is 0.912 bits per heavy atom. The number of methoxy groups -OCH3 is 1. The minimum absolute atomic E-state index is 0.0810. The number of benzene rings is 2. The lowest BCUT2D eigenvalue weighted by Crippen LogP contribution is -2.31. The van der Waals surface area contributed by atoms with Gasteiger partial charge < -0.3 is 9.84 Å². The SMILES string of the molecule is COc1ccc(N(Cc2cc(C(C)(C)C)c(O)c(C(C)(C)C)c2)S(=O)(=O)c2ccccc2)cn1. The molecule has 0 radical (unpaired) electrons. The summed E-state index contributed by atoms with van der Waals surface area (Å²) in [6.45, 7) is 12.3. The van der Waals surface area contributed by atoms with Crippen LogP contribution in [0.1, 0.15) is 58.2 Å². The van der Waals surface area contributed by atoms with Gasteiger partial charge in [-0.15, -0.1) is 0 Å². The zero-order valence-electron chi connectivity index (χ0n) is 21.0. The van der Waals surface area contributed by atoms with Gasteiger partial charge in [-0.25, -0.2) is 13.4 Å². The van der Waals surface area contributed by atoms with Gasteiger partial charge in [0.05, 0.1) is 30.4 Å². The summed E-state index contributed by atoms with van der Waals surface area (Å²) in [5.74, 6) is 0.655. The number of rotatable bonds is 6. The van der Waals surface area contributed by atoms with Crippen LogP contribution in [0.15, 0.2) is 65.7 Å². The predicted octanol–water partition coefficient (Wildman–Crippen LogP) is 5.79. The second-order valence-electron chi connectivity index (χ2n) is 10.4. The van der Waals surface area contributed by atoms with Crippen molar-refractivity contribution >= 4 is 15.7 Å². The quantitative estimate of drug-likeness (QED) is 0.481. The van der Waals surface area contributed by atoms with Crippen LogP contribution in [0.5, 0.6) is 11.6 Å². The van der Waals surface area contributed by atoms with Crippen molar-refractivity contribution in [2.24, 2.45) is 0 Å². The number of sulfonamides is 1. The topological polar surface area (TPSA) is 79.7 Å². The molecule has 2 aromatic carbocycles. The molecular weight excluding hydrogens is 448 g/mol. The van der Waals surface area contributed by atoms with Crippen molar-refractivity contribution in [2.75, 3.05) is 11.4 Å². The summed E-state index contributed by atoms with van der Waals surface area (Å²) in [5, 5.41) is 11.1. The molecule has 0 amide bonds. The van der Waals surface area contributed by atoms with Crippen LogP contribution in [0.2, 0.25) is 0 Å². The first-order valence-electron chi connectivity index (χ1n) is 11.2. The average molecular weight is 483 g/mol. The van der Waals surface area contributed by atoms with Gasteiger partial charge in [-0.2, -0.15) is 0 Å². The summed E-state index contributed by atoms with van der Waals surface area (Å²) in [4.78, 5) is 4.42. The number of nitrogens with zero attached hydrogens (tertiary/aromatic N) is 2. The Labute approximate surface area is 203 Å². The molecule has 0 unspecified atom stereocenters. The maximum absolute atomic E-state index is 13.7. The first-order chi connectivity index (χ1) is 15.7. The van der Waals surface area contributed by atoms with E-state index in [2.05, 4.69) is 4.98 Å². The highest BCUT2D eigenvalue weighted by Crippen LogP contribution is 2.40. The summed E-state index contributed by atoms with van der Waals surface area (Å²) in [5.41, 5.74) is 2.10. The van der Waals surface area contributed by atoms with E-state index in [1.54, 1.807) is 42.5 Å². The number of aromatic hydroxyl groups is 1. The molecule has 0 saturated heterocycles. The number of hydrogen-bond acceptors (Lipinski definition) is 5. The third kappa shape index (κ3) is 5.36. The molecule has 0 saturated carbocycles. The second-order valence-corrected chi connectivity index (χ2v) is 12.3. The van der Waals surface area contributed by atoms with Crippen LogP contribution in [0.4, 0.5) is 5.69 Å². The summed E-state index contributed by atoms with van der Waals surface area (Å²) in [7, 11) is -2.38. The maximum atomic E-state index is 13.7. The molecule has 0 bridgehead atoms. The summed E-state index contributed by atoms with van der Waals surface area (Å²) < 4.78 is 34.0. The van der Waals surface area contributed by atoms with Crippen LogP contribution in [0.25, 0.3) is 0 Å². The summed E-state index contributed by atoms with van der Waals surface area (Å²) >= 11 is 0. The molecule has 3 aromatic rings. The Hall–Kier alpha value is -3.06. The lowest BCUT2D eigenvalue weighted by atomic mass is 9.78. The van der Waals surface area contributed by atoms with E-state index in [9.17, 15) is 13.5 Å². The fourth-order valence-electron chi connectivity index (χ4n) is 3.77. The summed E-state index contributed by atoms with van der Waals surface area (Å²) in [6.07, 6.45) is 1.50. The molecule has 0 aliphatic rings. The molecular formula is C27H34N2O4S. The van der Waals surface area contributed by atoms with Crippen molar-refractivity contribution in [1.82, 2.24) is 4.98 Å². The van der Waals surface area contributed by atoms with Crippen molar-refractivity contribution in [3.63, 3.8) is 0 Å². The molecule has 3 rings (SSSR count). The predicted molar refractivity (Wildman–Crippen MR) is 136 cm³/mol. The highest BCUT2D eigenvalue weighted by Gasteiger charge is 2.30. The van der Waals surface area contributed by atoms with E-state index in [-0.39, 0.29) is 28.0 Å². The standard InChI is InChI=1S/C27H34N2O4S/c1-26(2,3)22-15-19(16-23(25(22)30)27(4,5)6)18-29(20-13-14-24(33-7)28-17-20)34(31,32)21-11-9-8-10-12-21/h8-17,30H,18H2,1-7H3. The number of ether oxygens (including phenoxy) is 1. The lowest BCUT2D eigenvalue weighted by Gasteiger charge is -2.30. The highest BCUT2D eigenvalue weighted by atomic mass is 32.2. The number of hydrogen-bond donors (Lipinski definition) is 1. The van der Waals surface area contributed by atoms with E-state index in [1.807, 2.05) is 53.7 Å². The maximum Gasteiger partial charge on any atom is 0.264 e. The Morgan fingerprint density at radius 2 is 1.47 bits per heavy atom. The average Bonchev–Trinajstić information content (AvgIpc) is 2.77. The Balaban J connectivity index is 2.20. The van der Waals surface area contributed by atoms with Crippen molar-refractivity contribution in [2.45, 2.75) is 63.8 Å². The van der Waals surface area contributed by atoms with Crippen LogP contribution < -0.4 is 9.04 Å². The fourth-order valence-corrected chi connectivity index (χ4v) is 5.23. The lowest BCUT2D eigenvalue weighted by molar-refractivity contribution is 0.398. The van der Waals surface area contributed by atoms with Gasteiger partial charge in [0.2, 0.25) is 5.88 Å². The van der Waals surface area contributed by atoms with E-state index in [1.165, 1.54) is 17.6 Å². The zero-order chi connectivity index (χ0) is 25.3. The first kappa shape index (κ1) is 25.6. The molecule has 1 aromatic heterocycles. The largest absolute Gasteiger partial charge is 0.507 e. The minimum atomic E-state index is -3.89. The number of phenolic OH excluding ortho intramolecular Hbond substituents is 1. The van der Waals surface area contributed by atoms with Crippen molar-refractivity contribution in [3.05, 3.63) is 77.5 Å². The van der Waals surface area contributed by atoms with Crippen LogP contribution in [-0.2, 0) is 27.4 Å². The van der Waals surface area contributed by atoms with Crippen molar-refractivity contribution in [3.8, 4) is 11.6 Å². The van der Waals surface area contributed by atoms with Crippen LogP contribution >= 0.6 is 0 Å². The van der Waals surface area contributed by atoms with E-state index in [0.29, 0.717) is 11.6 Å². The van der Waals surface area contributed by atoms with Gasteiger partial charge in [0.15, 0.2) is 0 Å². The number of phenols is 1. The van der Waals surface area contributed by atoms with Gasteiger partial charge in [0, 0.05) is 6.07 Å². The molecule has 1 heterocycles. The molecule has 182 valence electrons. The van der Waals surface area contributed by atoms with Gasteiger partial charge in [-0.3, -0.25) is 4.31 Å². The molecule has 0 fully saturated rings. The Kier molecular flexibility index (Phi) is 6.99.